The Hall–Kier alpha value is -2.74. The molecule has 2 aromatic carbocycles. The number of fused-ring (bicyclic) bond motifs is 2. The Morgan fingerprint density at radius 3 is 1.70 bits per heavy atom. The molecular formula is C30H29BrF2N2O2. The summed E-state index contributed by atoms with van der Waals surface area (Å²) in [7, 11) is 0. The zero-order valence-corrected chi connectivity index (χ0v) is 22.1. The van der Waals surface area contributed by atoms with Crippen molar-refractivity contribution >= 4 is 43.8 Å². The second-order valence-corrected chi connectivity index (χ2v) is 10.3. The van der Waals surface area contributed by atoms with E-state index < -0.39 is 0 Å². The Bertz CT molecular complexity index is 1420. The van der Waals surface area contributed by atoms with Gasteiger partial charge in [0.2, 0.25) is 0 Å². The topological polar surface area (TPSA) is 44.2 Å². The van der Waals surface area contributed by atoms with E-state index in [2.05, 4.69) is 32.5 Å². The lowest BCUT2D eigenvalue weighted by Crippen LogP contribution is -2.15. The predicted molar refractivity (Wildman–Crippen MR) is 147 cm³/mol. The molecule has 2 saturated heterocycles. The third kappa shape index (κ3) is 5.74. The first kappa shape index (κ1) is 25.9. The van der Waals surface area contributed by atoms with Crippen LogP contribution in [0, 0.1) is 11.6 Å². The molecule has 0 spiro atoms. The van der Waals surface area contributed by atoms with Crippen LogP contribution in [0.1, 0.15) is 54.5 Å². The Kier molecular flexibility index (Phi) is 8.23. The number of aromatic nitrogens is 2. The van der Waals surface area contributed by atoms with Crippen LogP contribution in [0.15, 0.2) is 59.6 Å². The van der Waals surface area contributed by atoms with Crippen molar-refractivity contribution in [2.75, 3.05) is 26.4 Å². The van der Waals surface area contributed by atoms with Crippen LogP contribution >= 0.6 is 15.9 Å². The second kappa shape index (κ2) is 11.8. The molecule has 0 atom stereocenters. The summed E-state index contributed by atoms with van der Waals surface area (Å²) < 4.78 is 39.2. The third-order valence-electron chi connectivity index (χ3n) is 7.14. The largest absolute Gasteiger partial charge is 0.381 e. The van der Waals surface area contributed by atoms with Crippen molar-refractivity contribution < 1.29 is 18.3 Å². The van der Waals surface area contributed by atoms with E-state index in [1.54, 1.807) is 12.1 Å². The highest BCUT2D eigenvalue weighted by Gasteiger charge is 2.19. The summed E-state index contributed by atoms with van der Waals surface area (Å²) in [5, 5.41) is 1.13. The lowest BCUT2D eigenvalue weighted by atomic mass is 9.95. The van der Waals surface area contributed by atoms with E-state index in [1.807, 2.05) is 36.4 Å². The molecule has 192 valence electrons. The minimum Gasteiger partial charge on any atom is -0.381 e. The molecule has 2 aliphatic rings. The van der Waals surface area contributed by atoms with Crippen LogP contribution in [0.4, 0.5) is 8.78 Å². The number of hydrogen-bond acceptors (Lipinski definition) is 4. The average molecular weight is 567 g/mol. The second-order valence-electron chi connectivity index (χ2n) is 9.41. The highest BCUT2D eigenvalue weighted by Crippen LogP contribution is 2.30. The van der Waals surface area contributed by atoms with Gasteiger partial charge in [0.1, 0.15) is 11.6 Å². The van der Waals surface area contributed by atoms with Gasteiger partial charge in [0, 0.05) is 66.0 Å². The van der Waals surface area contributed by atoms with Gasteiger partial charge in [-0.05, 0) is 90.1 Å². The Labute approximate surface area is 223 Å². The summed E-state index contributed by atoms with van der Waals surface area (Å²) >= 11 is 3.19. The summed E-state index contributed by atoms with van der Waals surface area (Å²) in [4.78, 5) is 9.19. The quantitative estimate of drug-likeness (QED) is 0.252. The summed E-state index contributed by atoms with van der Waals surface area (Å²) in [6.07, 6.45) is 5.51. The lowest BCUT2D eigenvalue weighted by molar-refractivity contribution is 0.0845. The zero-order chi connectivity index (χ0) is 25.8. The molecule has 0 N–H and O–H groups in total. The molecule has 0 bridgehead atoms. The summed E-state index contributed by atoms with van der Waals surface area (Å²) in [5.74, 6) is 0.396. The van der Waals surface area contributed by atoms with Crippen LogP contribution in [0.25, 0.3) is 27.9 Å². The fraction of sp³-hybridized carbons (Fsp3) is 0.333. The Balaban J connectivity index is 0.000000152. The predicted octanol–water partition coefficient (Wildman–Crippen LogP) is 7.94. The van der Waals surface area contributed by atoms with Gasteiger partial charge in [0.05, 0.1) is 15.5 Å². The molecule has 37 heavy (non-hydrogen) atoms. The highest BCUT2D eigenvalue weighted by molar-refractivity contribution is 9.10. The molecule has 6 rings (SSSR count). The van der Waals surface area contributed by atoms with Gasteiger partial charge < -0.3 is 9.47 Å². The Morgan fingerprint density at radius 2 is 1.19 bits per heavy atom. The SMILES string of the molecule is C=Cc1ccc2nc(C3CCOCC3)ccc2c1F.Fc1c(Br)ccc2nc(C3CCOCC3)ccc12. The molecule has 0 saturated carbocycles. The van der Waals surface area contributed by atoms with Crippen molar-refractivity contribution in [3.63, 3.8) is 0 Å². The first-order valence-corrected chi connectivity index (χ1v) is 13.5. The van der Waals surface area contributed by atoms with Gasteiger partial charge in [0.25, 0.3) is 0 Å². The number of pyridine rings is 2. The number of halogens is 3. The van der Waals surface area contributed by atoms with E-state index in [9.17, 15) is 8.78 Å². The van der Waals surface area contributed by atoms with Crippen LogP contribution in [-0.2, 0) is 9.47 Å². The van der Waals surface area contributed by atoms with Crippen LogP contribution in [0.5, 0.6) is 0 Å². The molecule has 2 aliphatic heterocycles. The molecule has 0 amide bonds. The molecule has 4 heterocycles. The molecule has 2 fully saturated rings. The molecule has 7 heteroatoms. The number of rotatable bonds is 3. The summed E-state index contributed by atoms with van der Waals surface area (Å²) in [6.45, 7) is 6.77. The summed E-state index contributed by atoms with van der Waals surface area (Å²) in [5.41, 5.74) is 4.05. The van der Waals surface area contributed by atoms with E-state index in [0.717, 1.165) is 69.0 Å². The number of ether oxygens (including phenoxy) is 2. The maximum Gasteiger partial charge on any atom is 0.146 e. The fourth-order valence-corrected chi connectivity index (χ4v) is 5.30. The average Bonchev–Trinajstić information content (AvgIpc) is 2.96. The fourth-order valence-electron chi connectivity index (χ4n) is 4.96. The molecule has 0 unspecified atom stereocenters. The van der Waals surface area contributed by atoms with Gasteiger partial charge in [-0.1, -0.05) is 12.7 Å². The van der Waals surface area contributed by atoms with Crippen molar-refractivity contribution in [3.05, 3.63) is 88.2 Å². The number of hydrogen-bond donors (Lipinski definition) is 0. The van der Waals surface area contributed by atoms with Gasteiger partial charge in [-0.3, -0.25) is 9.97 Å². The Morgan fingerprint density at radius 1 is 0.703 bits per heavy atom. The van der Waals surface area contributed by atoms with E-state index in [1.165, 1.54) is 6.08 Å². The van der Waals surface area contributed by atoms with Crippen LogP contribution < -0.4 is 0 Å². The van der Waals surface area contributed by atoms with Gasteiger partial charge in [-0.15, -0.1) is 0 Å². The van der Waals surface area contributed by atoms with E-state index in [0.29, 0.717) is 38.2 Å². The standard InChI is InChI=1S/C16H16FNO.C14H13BrFNO/c1-2-11-3-5-15-13(16(11)17)4-6-14(18-15)12-7-9-19-10-8-12;15-11-2-4-13-10(14(11)16)1-3-12(17-13)9-5-7-18-8-6-9/h2-6,12H,1,7-10H2;1-4,9H,5-8H2. The molecule has 0 radical (unpaired) electrons. The van der Waals surface area contributed by atoms with Crippen molar-refractivity contribution in [1.82, 2.24) is 9.97 Å². The smallest absolute Gasteiger partial charge is 0.146 e. The minimum atomic E-state index is -0.237. The van der Waals surface area contributed by atoms with Crippen LogP contribution in [0.3, 0.4) is 0 Å². The van der Waals surface area contributed by atoms with E-state index in [-0.39, 0.29) is 11.6 Å². The molecular weight excluding hydrogens is 538 g/mol. The van der Waals surface area contributed by atoms with Crippen molar-refractivity contribution in [2.24, 2.45) is 0 Å². The lowest BCUT2D eigenvalue weighted by Gasteiger charge is -2.21. The molecule has 2 aromatic heterocycles. The van der Waals surface area contributed by atoms with E-state index >= 15 is 0 Å². The zero-order valence-electron chi connectivity index (χ0n) is 20.6. The molecule has 0 aliphatic carbocycles. The normalized spacial score (nSPS) is 16.9. The maximum absolute atomic E-state index is 14.1. The molecule has 4 aromatic rings. The van der Waals surface area contributed by atoms with Crippen molar-refractivity contribution in [2.45, 2.75) is 37.5 Å². The number of benzene rings is 2. The van der Waals surface area contributed by atoms with Crippen molar-refractivity contribution in [1.29, 1.82) is 0 Å². The summed E-state index contributed by atoms with van der Waals surface area (Å²) in [6, 6.07) is 14.7. The monoisotopic (exact) mass is 566 g/mol. The minimum absolute atomic E-state index is 0.237. The maximum atomic E-state index is 14.1. The van der Waals surface area contributed by atoms with Gasteiger partial charge >= 0.3 is 0 Å². The first-order valence-electron chi connectivity index (χ1n) is 12.7. The highest BCUT2D eigenvalue weighted by atomic mass is 79.9. The number of nitrogens with zero attached hydrogens (tertiary/aromatic N) is 2. The third-order valence-corrected chi connectivity index (χ3v) is 7.75. The molecule has 4 nitrogen and oxygen atoms in total. The first-order chi connectivity index (χ1) is 18.0. The van der Waals surface area contributed by atoms with Crippen LogP contribution in [0.2, 0.25) is 0 Å². The van der Waals surface area contributed by atoms with Crippen LogP contribution in [-0.4, -0.2) is 36.4 Å². The van der Waals surface area contributed by atoms with Gasteiger partial charge in [-0.2, -0.15) is 0 Å². The van der Waals surface area contributed by atoms with E-state index in [4.69, 9.17) is 9.47 Å². The van der Waals surface area contributed by atoms with Gasteiger partial charge in [0.15, 0.2) is 0 Å². The van der Waals surface area contributed by atoms with Gasteiger partial charge in [-0.25, -0.2) is 8.78 Å². The van der Waals surface area contributed by atoms with Crippen molar-refractivity contribution in [3.8, 4) is 0 Å².